The standard InChI is InChI=1S/C18H23NO/c1-4-11-19-13-16-12-17(20-3)9-10-18(16)15-7-5-14(2)6-8-15/h5-10,12,19H,4,11,13H2,1-3H3. The second kappa shape index (κ2) is 7.11. The molecule has 2 rings (SSSR count). The Hall–Kier alpha value is -1.80. The summed E-state index contributed by atoms with van der Waals surface area (Å²) in [6.45, 7) is 6.19. The lowest BCUT2D eigenvalue weighted by molar-refractivity contribution is 0.414. The van der Waals surface area contributed by atoms with Crippen LogP contribution in [0.2, 0.25) is 0 Å². The SMILES string of the molecule is CCCNCc1cc(OC)ccc1-c1ccc(C)cc1. The largest absolute Gasteiger partial charge is 0.497 e. The Bertz CT molecular complexity index is 546. The first kappa shape index (κ1) is 14.6. The van der Waals surface area contributed by atoms with Crippen molar-refractivity contribution in [2.45, 2.75) is 26.8 Å². The molecule has 0 heterocycles. The number of ether oxygens (including phenoxy) is 1. The first-order valence-electron chi connectivity index (χ1n) is 7.19. The van der Waals surface area contributed by atoms with Gasteiger partial charge in [-0.15, -0.1) is 0 Å². The van der Waals surface area contributed by atoms with Gasteiger partial charge in [-0.2, -0.15) is 0 Å². The van der Waals surface area contributed by atoms with Crippen LogP contribution in [0.4, 0.5) is 0 Å². The molecule has 2 heteroatoms. The van der Waals surface area contributed by atoms with E-state index in [1.165, 1.54) is 22.3 Å². The highest BCUT2D eigenvalue weighted by molar-refractivity contribution is 5.68. The van der Waals surface area contributed by atoms with Gasteiger partial charge in [-0.1, -0.05) is 42.8 Å². The summed E-state index contributed by atoms with van der Waals surface area (Å²) in [7, 11) is 1.71. The number of nitrogens with one attached hydrogen (secondary N) is 1. The van der Waals surface area contributed by atoms with Crippen LogP contribution in [0.1, 0.15) is 24.5 Å². The molecule has 20 heavy (non-hydrogen) atoms. The van der Waals surface area contributed by atoms with Crippen molar-refractivity contribution in [1.29, 1.82) is 0 Å². The molecule has 0 spiro atoms. The van der Waals surface area contributed by atoms with Crippen molar-refractivity contribution < 1.29 is 4.74 Å². The summed E-state index contributed by atoms with van der Waals surface area (Å²) in [6.07, 6.45) is 1.14. The van der Waals surface area contributed by atoms with E-state index in [0.29, 0.717) is 0 Å². The maximum Gasteiger partial charge on any atom is 0.119 e. The molecule has 0 atom stereocenters. The van der Waals surface area contributed by atoms with Gasteiger partial charge in [0.15, 0.2) is 0 Å². The van der Waals surface area contributed by atoms with E-state index in [1.54, 1.807) is 7.11 Å². The van der Waals surface area contributed by atoms with Gasteiger partial charge in [0.05, 0.1) is 7.11 Å². The van der Waals surface area contributed by atoms with Gasteiger partial charge in [0.25, 0.3) is 0 Å². The van der Waals surface area contributed by atoms with E-state index in [2.05, 4.69) is 55.6 Å². The second-order valence-corrected chi connectivity index (χ2v) is 5.07. The van der Waals surface area contributed by atoms with Gasteiger partial charge in [-0.25, -0.2) is 0 Å². The van der Waals surface area contributed by atoms with Crippen LogP contribution < -0.4 is 10.1 Å². The molecule has 106 valence electrons. The van der Waals surface area contributed by atoms with Crippen molar-refractivity contribution >= 4 is 0 Å². The third-order valence-corrected chi connectivity index (χ3v) is 3.42. The van der Waals surface area contributed by atoms with Gasteiger partial charge in [0.1, 0.15) is 5.75 Å². The molecule has 0 unspecified atom stereocenters. The zero-order chi connectivity index (χ0) is 14.4. The minimum atomic E-state index is 0.869. The fourth-order valence-corrected chi connectivity index (χ4v) is 2.26. The van der Waals surface area contributed by atoms with Crippen LogP contribution >= 0.6 is 0 Å². The Morgan fingerprint density at radius 1 is 1.05 bits per heavy atom. The van der Waals surface area contributed by atoms with Gasteiger partial charge in [-0.3, -0.25) is 0 Å². The van der Waals surface area contributed by atoms with E-state index in [9.17, 15) is 0 Å². The van der Waals surface area contributed by atoms with Gasteiger partial charge in [-0.05, 0) is 48.7 Å². The lowest BCUT2D eigenvalue weighted by Crippen LogP contribution is -2.14. The van der Waals surface area contributed by atoms with E-state index in [-0.39, 0.29) is 0 Å². The van der Waals surface area contributed by atoms with Crippen LogP contribution in [0.25, 0.3) is 11.1 Å². The van der Waals surface area contributed by atoms with E-state index in [1.807, 2.05) is 6.07 Å². The number of rotatable bonds is 6. The molecule has 0 aromatic heterocycles. The Labute approximate surface area is 121 Å². The van der Waals surface area contributed by atoms with Gasteiger partial charge >= 0.3 is 0 Å². The first-order valence-corrected chi connectivity index (χ1v) is 7.19. The predicted molar refractivity (Wildman–Crippen MR) is 85.2 cm³/mol. The average Bonchev–Trinajstić information content (AvgIpc) is 2.48. The summed E-state index contributed by atoms with van der Waals surface area (Å²) in [5, 5.41) is 3.47. The molecule has 1 N–H and O–H groups in total. The Kier molecular flexibility index (Phi) is 5.19. The summed E-state index contributed by atoms with van der Waals surface area (Å²) in [5.41, 5.74) is 5.09. The number of hydrogen-bond acceptors (Lipinski definition) is 2. The topological polar surface area (TPSA) is 21.3 Å². The molecule has 0 aliphatic rings. The molecule has 0 fully saturated rings. The van der Waals surface area contributed by atoms with Crippen LogP contribution in [-0.4, -0.2) is 13.7 Å². The minimum absolute atomic E-state index is 0.869. The van der Waals surface area contributed by atoms with Gasteiger partial charge in [0, 0.05) is 6.54 Å². The molecule has 0 saturated heterocycles. The lowest BCUT2D eigenvalue weighted by atomic mass is 9.98. The molecular weight excluding hydrogens is 246 g/mol. The molecule has 2 nitrogen and oxygen atoms in total. The highest BCUT2D eigenvalue weighted by atomic mass is 16.5. The summed E-state index contributed by atoms with van der Waals surface area (Å²) in [5.74, 6) is 0.911. The lowest BCUT2D eigenvalue weighted by Gasteiger charge is -2.13. The third-order valence-electron chi connectivity index (χ3n) is 3.42. The Morgan fingerprint density at radius 2 is 1.80 bits per heavy atom. The molecule has 2 aromatic carbocycles. The smallest absolute Gasteiger partial charge is 0.119 e. The third kappa shape index (κ3) is 3.61. The molecule has 0 bridgehead atoms. The molecule has 0 amide bonds. The van der Waals surface area contributed by atoms with Gasteiger partial charge in [0.2, 0.25) is 0 Å². The highest BCUT2D eigenvalue weighted by Crippen LogP contribution is 2.27. The van der Waals surface area contributed by atoms with E-state index in [4.69, 9.17) is 4.74 Å². The Morgan fingerprint density at radius 3 is 2.45 bits per heavy atom. The second-order valence-electron chi connectivity index (χ2n) is 5.07. The normalized spacial score (nSPS) is 10.6. The zero-order valence-corrected chi connectivity index (χ0v) is 12.6. The van der Waals surface area contributed by atoms with E-state index < -0.39 is 0 Å². The van der Waals surface area contributed by atoms with Crippen molar-refractivity contribution in [3.63, 3.8) is 0 Å². The summed E-state index contributed by atoms with van der Waals surface area (Å²) < 4.78 is 5.34. The molecule has 0 radical (unpaired) electrons. The minimum Gasteiger partial charge on any atom is -0.497 e. The monoisotopic (exact) mass is 269 g/mol. The van der Waals surface area contributed by atoms with Gasteiger partial charge < -0.3 is 10.1 Å². The molecule has 0 aliphatic carbocycles. The summed E-state index contributed by atoms with van der Waals surface area (Å²) >= 11 is 0. The quantitative estimate of drug-likeness (QED) is 0.795. The highest BCUT2D eigenvalue weighted by Gasteiger charge is 2.06. The first-order chi connectivity index (χ1) is 9.74. The molecule has 0 saturated carbocycles. The van der Waals surface area contributed by atoms with Crippen molar-refractivity contribution in [2.24, 2.45) is 0 Å². The van der Waals surface area contributed by atoms with E-state index in [0.717, 1.165) is 25.3 Å². The van der Waals surface area contributed by atoms with Crippen LogP contribution in [-0.2, 0) is 6.54 Å². The molecular formula is C18H23NO. The molecule has 0 aliphatic heterocycles. The van der Waals surface area contributed by atoms with Crippen LogP contribution in [0, 0.1) is 6.92 Å². The van der Waals surface area contributed by atoms with Crippen molar-refractivity contribution in [1.82, 2.24) is 5.32 Å². The van der Waals surface area contributed by atoms with Crippen molar-refractivity contribution in [3.05, 3.63) is 53.6 Å². The van der Waals surface area contributed by atoms with Crippen LogP contribution in [0.5, 0.6) is 5.75 Å². The zero-order valence-electron chi connectivity index (χ0n) is 12.6. The number of benzene rings is 2. The maximum absolute atomic E-state index is 5.34. The van der Waals surface area contributed by atoms with E-state index >= 15 is 0 Å². The average molecular weight is 269 g/mol. The number of methoxy groups -OCH3 is 1. The summed E-state index contributed by atoms with van der Waals surface area (Å²) in [6, 6.07) is 15.0. The number of aryl methyl sites for hydroxylation is 1. The summed E-state index contributed by atoms with van der Waals surface area (Å²) in [4.78, 5) is 0. The van der Waals surface area contributed by atoms with Crippen LogP contribution in [0.15, 0.2) is 42.5 Å². The van der Waals surface area contributed by atoms with Crippen molar-refractivity contribution in [3.8, 4) is 16.9 Å². The fraction of sp³-hybridized carbons (Fsp3) is 0.333. The Balaban J connectivity index is 2.32. The van der Waals surface area contributed by atoms with Crippen LogP contribution in [0.3, 0.4) is 0 Å². The predicted octanol–water partition coefficient (Wildman–Crippen LogP) is 4.17. The maximum atomic E-state index is 5.34. The van der Waals surface area contributed by atoms with Crippen molar-refractivity contribution in [2.75, 3.05) is 13.7 Å². The fourth-order valence-electron chi connectivity index (χ4n) is 2.26. The molecule has 2 aromatic rings. The number of hydrogen-bond donors (Lipinski definition) is 1.